The number of benzene rings is 1. The number of aromatic nitrogens is 1. The smallest absolute Gasteiger partial charge is 0.258 e. The van der Waals surface area contributed by atoms with Gasteiger partial charge in [-0.15, -0.1) is 0 Å². The van der Waals surface area contributed by atoms with Gasteiger partial charge in [0.1, 0.15) is 0 Å². The molecule has 0 aliphatic carbocycles. The van der Waals surface area contributed by atoms with Crippen LogP contribution < -0.4 is 25.5 Å². The molecule has 2 N–H and O–H groups in total. The second kappa shape index (κ2) is 5.83. The van der Waals surface area contributed by atoms with Crippen molar-refractivity contribution in [3.63, 3.8) is 0 Å². The van der Waals surface area contributed by atoms with Crippen LogP contribution in [0.2, 0.25) is 0 Å². The van der Waals surface area contributed by atoms with E-state index in [1.807, 2.05) is 6.07 Å². The number of methoxy groups -OCH3 is 3. The van der Waals surface area contributed by atoms with E-state index in [0.717, 1.165) is 0 Å². The van der Waals surface area contributed by atoms with Gasteiger partial charge in [0.05, 0.1) is 26.7 Å². The van der Waals surface area contributed by atoms with Crippen LogP contribution in [0.3, 0.4) is 0 Å². The van der Waals surface area contributed by atoms with Crippen LogP contribution in [0.4, 0.5) is 0 Å². The second-order valence-electron chi connectivity index (χ2n) is 4.21. The van der Waals surface area contributed by atoms with Crippen molar-refractivity contribution in [1.82, 2.24) is 4.57 Å². The van der Waals surface area contributed by atoms with Crippen molar-refractivity contribution in [2.45, 2.75) is 6.54 Å². The molecule has 0 aliphatic heterocycles. The monoisotopic (exact) mass is 278 g/mol. The quantitative estimate of drug-likeness (QED) is 0.882. The fraction of sp³-hybridized carbons (Fsp3) is 0.357. The minimum Gasteiger partial charge on any atom is -0.493 e. The number of ether oxygens (including phenoxy) is 3. The molecule has 20 heavy (non-hydrogen) atoms. The molecule has 0 amide bonds. The lowest BCUT2D eigenvalue weighted by Crippen LogP contribution is -2.23. The minimum atomic E-state index is -0.132. The molecule has 108 valence electrons. The Hall–Kier alpha value is -2.21. The highest BCUT2D eigenvalue weighted by molar-refractivity contribution is 5.92. The van der Waals surface area contributed by atoms with Gasteiger partial charge in [0.25, 0.3) is 5.56 Å². The zero-order valence-electron chi connectivity index (χ0n) is 11.8. The predicted octanol–water partition coefficient (Wildman–Crippen LogP) is 0.986. The molecule has 1 aromatic heterocycles. The molecule has 0 bridgehead atoms. The fourth-order valence-electron chi connectivity index (χ4n) is 2.22. The van der Waals surface area contributed by atoms with E-state index in [2.05, 4.69) is 0 Å². The van der Waals surface area contributed by atoms with E-state index in [1.165, 1.54) is 21.3 Å². The van der Waals surface area contributed by atoms with E-state index in [0.29, 0.717) is 41.1 Å². The highest BCUT2D eigenvalue weighted by atomic mass is 16.5. The SMILES string of the molecule is COc1cc2c(=O)n(CCN)ccc2c(OC)c1OC. The Morgan fingerprint density at radius 3 is 2.35 bits per heavy atom. The number of hydrogen-bond acceptors (Lipinski definition) is 5. The first-order valence-corrected chi connectivity index (χ1v) is 6.20. The maximum atomic E-state index is 12.4. The lowest BCUT2D eigenvalue weighted by atomic mass is 10.1. The number of pyridine rings is 1. The number of fused-ring (bicyclic) bond motifs is 1. The molecule has 0 fully saturated rings. The van der Waals surface area contributed by atoms with Crippen molar-refractivity contribution in [1.29, 1.82) is 0 Å². The van der Waals surface area contributed by atoms with Crippen molar-refractivity contribution in [3.05, 3.63) is 28.7 Å². The Bertz CT molecular complexity index is 679. The van der Waals surface area contributed by atoms with Gasteiger partial charge >= 0.3 is 0 Å². The zero-order valence-corrected chi connectivity index (χ0v) is 11.8. The average Bonchev–Trinajstić information content (AvgIpc) is 2.48. The second-order valence-corrected chi connectivity index (χ2v) is 4.21. The predicted molar refractivity (Wildman–Crippen MR) is 76.9 cm³/mol. The van der Waals surface area contributed by atoms with E-state index in [4.69, 9.17) is 19.9 Å². The standard InChI is InChI=1S/C14H18N2O4/c1-18-11-8-10-9(12(19-2)13(11)20-3)4-6-16(7-5-15)14(10)17/h4,6,8H,5,7,15H2,1-3H3. The highest BCUT2D eigenvalue weighted by Gasteiger charge is 2.18. The van der Waals surface area contributed by atoms with Crippen molar-refractivity contribution in [2.75, 3.05) is 27.9 Å². The van der Waals surface area contributed by atoms with Gasteiger partial charge in [-0.25, -0.2) is 0 Å². The Balaban J connectivity index is 2.84. The summed E-state index contributed by atoms with van der Waals surface area (Å²) in [6.45, 7) is 0.862. The third kappa shape index (κ3) is 2.18. The minimum absolute atomic E-state index is 0.132. The average molecular weight is 278 g/mol. The van der Waals surface area contributed by atoms with Crippen LogP contribution in [0.15, 0.2) is 23.1 Å². The topological polar surface area (TPSA) is 75.7 Å². The highest BCUT2D eigenvalue weighted by Crippen LogP contribution is 2.42. The van der Waals surface area contributed by atoms with E-state index in [1.54, 1.807) is 16.8 Å². The van der Waals surface area contributed by atoms with Crippen LogP contribution in [0.5, 0.6) is 17.2 Å². The summed E-state index contributed by atoms with van der Waals surface area (Å²) < 4.78 is 17.5. The van der Waals surface area contributed by atoms with E-state index < -0.39 is 0 Å². The van der Waals surface area contributed by atoms with Crippen molar-refractivity contribution in [3.8, 4) is 17.2 Å². The summed E-state index contributed by atoms with van der Waals surface area (Å²) in [7, 11) is 4.58. The van der Waals surface area contributed by atoms with Gasteiger partial charge in [-0.1, -0.05) is 0 Å². The molecular weight excluding hydrogens is 260 g/mol. The summed E-state index contributed by atoms with van der Waals surface area (Å²) in [6.07, 6.45) is 1.70. The van der Waals surface area contributed by atoms with Crippen LogP contribution >= 0.6 is 0 Å². The van der Waals surface area contributed by atoms with Crippen LogP contribution in [0.25, 0.3) is 10.8 Å². The molecular formula is C14H18N2O4. The van der Waals surface area contributed by atoms with Crippen LogP contribution in [-0.4, -0.2) is 32.4 Å². The first-order valence-electron chi connectivity index (χ1n) is 6.20. The lowest BCUT2D eigenvalue weighted by molar-refractivity contribution is 0.327. The summed E-state index contributed by atoms with van der Waals surface area (Å²) in [5, 5.41) is 1.19. The van der Waals surface area contributed by atoms with Gasteiger partial charge in [0, 0.05) is 24.7 Å². The van der Waals surface area contributed by atoms with Crippen molar-refractivity contribution < 1.29 is 14.2 Å². The molecule has 0 radical (unpaired) electrons. The Kier molecular flexibility index (Phi) is 4.14. The molecule has 6 heteroatoms. The number of hydrogen-bond donors (Lipinski definition) is 1. The number of nitrogens with zero attached hydrogens (tertiary/aromatic N) is 1. The molecule has 1 aromatic carbocycles. The van der Waals surface area contributed by atoms with Crippen molar-refractivity contribution in [2.24, 2.45) is 5.73 Å². The first-order chi connectivity index (χ1) is 9.67. The van der Waals surface area contributed by atoms with Gasteiger partial charge in [0.15, 0.2) is 11.5 Å². The van der Waals surface area contributed by atoms with Gasteiger partial charge in [-0.3, -0.25) is 4.79 Å². The molecule has 2 rings (SSSR count). The third-order valence-corrected chi connectivity index (χ3v) is 3.15. The van der Waals surface area contributed by atoms with Gasteiger partial charge in [0.2, 0.25) is 5.75 Å². The Morgan fingerprint density at radius 2 is 1.80 bits per heavy atom. The molecule has 0 saturated heterocycles. The van der Waals surface area contributed by atoms with E-state index in [-0.39, 0.29) is 5.56 Å². The Labute approximate surface area is 116 Å². The van der Waals surface area contributed by atoms with Crippen LogP contribution in [0, 0.1) is 0 Å². The maximum absolute atomic E-state index is 12.4. The molecule has 0 atom stereocenters. The number of nitrogens with two attached hydrogens (primary N) is 1. The molecule has 6 nitrogen and oxygen atoms in total. The normalized spacial score (nSPS) is 10.6. The summed E-state index contributed by atoms with van der Waals surface area (Å²) in [5.74, 6) is 1.41. The van der Waals surface area contributed by atoms with Gasteiger partial charge < -0.3 is 24.5 Å². The molecule has 0 saturated carbocycles. The third-order valence-electron chi connectivity index (χ3n) is 3.15. The zero-order chi connectivity index (χ0) is 14.7. The van der Waals surface area contributed by atoms with E-state index in [9.17, 15) is 4.79 Å². The molecule has 1 heterocycles. The first kappa shape index (κ1) is 14.2. The van der Waals surface area contributed by atoms with Crippen molar-refractivity contribution >= 4 is 10.8 Å². The molecule has 0 unspecified atom stereocenters. The van der Waals surface area contributed by atoms with E-state index >= 15 is 0 Å². The molecule has 0 spiro atoms. The number of rotatable bonds is 5. The molecule has 0 aliphatic rings. The lowest BCUT2D eigenvalue weighted by Gasteiger charge is -2.15. The summed E-state index contributed by atoms with van der Waals surface area (Å²) in [5.41, 5.74) is 5.37. The van der Waals surface area contributed by atoms with Crippen LogP contribution in [0.1, 0.15) is 0 Å². The largest absolute Gasteiger partial charge is 0.493 e. The maximum Gasteiger partial charge on any atom is 0.258 e. The van der Waals surface area contributed by atoms with Gasteiger partial charge in [-0.05, 0) is 12.1 Å². The summed E-state index contributed by atoms with van der Waals surface area (Å²) in [6, 6.07) is 3.47. The summed E-state index contributed by atoms with van der Waals surface area (Å²) >= 11 is 0. The fourth-order valence-corrected chi connectivity index (χ4v) is 2.22. The van der Waals surface area contributed by atoms with Gasteiger partial charge in [-0.2, -0.15) is 0 Å². The summed E-state index contributed by atoms with van der Waals surface area (Å²) in [4.78, 5) is 12.4. The van der Waals surface area contributed by atoms with Crippen LogP contribution in [-0.2, 0) is 6.54 Å². The molecule has 2 aromatic rings. The Morgan fingerprint density at radius 1 is 1.10 bits per heavy atom.